The van der Waals surface area contributed by atoms with Crippen LogP contribution in [-0.2, 0) is 13.1 Å². The van der Waals surface area contributed by atoms with Gasteiger partial charge in [-0.1, -0.05) is 0 Å². The summed E-state index contributed by atoms with van der Waals surface area (Å²) < 4.78 is 1.69. The van der Waals surface area contributed by atoms with Crippen molar-refractivity contribution in [3.63, 3.8) is 0 Å². The second-order valence-electron chi connectivity index (χ2n) is 4.58. The Bertz CT molecular complexity index is 607. The molecule has 0 saturated heterocycles. The molecule has 0 saturated carbocycles. The molecule has 0 fully saturated rings. The molecule has 0 bridgehead atoms. The van der Waals surface area contributed by atoms with Crippen LogP contribution >= 0.6 is 0 Å². The highest BCUT2D eigenvalue weighted by Crippen LogP contribution is 2.17. The Labute approximate surface area is 117 Å². The number of aliphatic hydroxyl groups is 1. The van der Waals surface area contributed by atoms with Crippen LogP contribution in [0.15, 0.2) is 30.6 Å². The fourth-order valence-electron chi connectivity index (χ4n) is 1.93. The van der Waals surface area contributed by atoms with Crippen LogP contribution in [0.3, 0.4) is 0 Å². The minimum atomic E-state index is -0.426. The van der Waals surface area contributed by atoms with E-state index in [0.29, 0.717) is 18.7 Å². The van der Waals surface area contributed by atoms with Gasteiger partial charge in [0.15, 0.2) is 0 Å². The molecule has 0 spiro atoms. The Morgan fingerprint density at radius 3 is 2.95 bits per heavy atom. The summed E-state index contributed by atoms with van der Waals surface area (Å²) in [6, 6.07) is 5.31. The van der Waals surface area contributed by atoms with E-state index in [2.05, 4.69) is 10.4 Å². The summed E-state index contributed by atoms with van der Waals surface area (Å²) >= 11 is 0. The summed E-state index contributed by atoms with van der Waals surface area (Å²) in [5.74, 6) is -0.426. The zero-order chi connectivity index (χ0) is 14.5. The van der Waals surface area contributed by atoms with Gasteiger partial charge in [-0.15, -0.1) is 0 Å². The predicted molar refractivity (Wildman–Crippen MR) is 76.3 cm³/mol. The summed E-state index contributed by atoms with van der Waals surface area (Å²) in [5.41, 5.74) is 8.68. The second-order valence-corrected chi connectivity index (χ2v) is 4.58. The number of anilines is 1. The molecule has 1 heterocycles. The lowest BCUT2D eigenvalue weighted by atomic mass is 10.1. The van der Waals surface area contributed by atoms with Gasteiger partial charge in [0.25, 0.3) is 0 Å². The van der Waals surface area contributed by atoms with E-state index in [4.69, 9.17) is 10.8 Å². The molecular weight excluding hydrogens is 256 g/mol. The van der Waals surface area contributed by atoms with E-state index in [9.17, 15) is 4.79 Å². The normalized spacial score (nSPS) is 10.5. The summed E-state index contributed by atoms with van der Waals surface area (Å²) in [4.78, 5) is 11.1. The molecule has 106 valence electrons. The van der Waals surface area contributed by atoms with Gasteiger partial charge in [0, 0.05) is 29.6 Å². The van der Waals surface area contributed by atoms with Gasteiger partial charge in [0.2, 0.25) is 5.91 Å². The average molecular weight is 274 g/mol. The Morgan fingerprint density at radius 2 is 2.30 bits per heavy atom. The van der Waals surface area contributed by atoms with Gasteiger partial charge in [-0.25, -0.2) is 0 Å². The lowest BCUT2D eigenvalue weighted by Crippen LogP contribution is -2.11. The Balaban J connectivity index is 2.01. The lowest BCUT2D eigenvalue weighted by molar-refractivity contribution is 0.1000. The van der Waals surface area contributed by atoms with E-state index in [-0.39, 0.29) is 6.61 Å². The van der Waals surface area contributed by atoms with Crippen LogP contribution in [0.2, 0.25) is 0 Å². The highest BCUT2D eigenvalue weighted by atomic mass is 16.3. The van der Waals surface area contributed by atoms with Crippen LogP contribution in [0.1, 0.15) is 21.5 Å². The number of primary amides is 1. The number of aliphatic hydroxyl groups excluding tert-OH is 1. The van der Waals surface area contributed by atoms with E-state index >= 15 is 0 Å². The molecule has 0 aliphatic carbocycles. The highest BCUT2D eigenvalue weighted by molar-refractivity contribution is 5.93. The quantitative estimate of drug-likeness (QED) is 0.729. The van der Waals surface area contributed by atoms with Crippen LogP contribution in [-0.4, -0.2) is 27.4 Å². The van der Waals surface area contributed by atoms with Crippen LogP contribution in [0.25, 0.3) is 0 Å². The first-order valence-corrected chi connectivity index (χ1v) is 6.36. The molecule has 0 aliphatic rings. The van der Waals surface area contributed by atoms with Gasteiger partial charge in [0.05, 0.1) is 19.3 Å². The third-order valence-corrected chi connectivity index (χ3v) is 3.01. The van der Waals surface area contributed by atoms with Crippen molar-refractivity contribution in [1.82, 2.24) is 9.78 Å². The minimum Gasteiger partial charge on any atom is -0.394 e. The smallest absolute Gasteiger partial charge is 0.248 e. The van der Waals surface area contributed by atoms with Crippen molar-refractivity contribution < 1.29 is 9.90 Å². The van der Waals surface area contributed by atoms with E-state index in [1.54, 1.807) is 23.0 Å². The molecule has 1 aromatic heterocycles. The Hall–Kier alpha value is -2.34. The van der Waals surface area contributed by atoms with Gasteiger partial charge in [0.1, 0.15) is 0 Å². The summed E-state index contributed by atoms with van der Waals surface area (Å²) in [5, 5.41) is 16.2. The summed E-state index contributed by atoms with van der Waals surface area (Å²) in [6.07, 6.45) is 3.64. The van der Waals surface area contributed by atoms with Crippen molar-refractivity contribution in [2.45, 2.75) is 20.0 Å². The standard InChI is InChI=1S/C14H18N4O2/c1-10-6-12(14(15)20)2-3-13(10)16-7-11-8-17-18(9-11)4-5-19/h2-3,6,8-9,16,19H,4-5,7H2,1H3,(H2,15,20). The van der Waals surface area contributed by atoms with Gasteiger partial charge in [-0.3, -0.25) is 9.48 Å². The van der Waals surface area contributed by atoms with E-state index in [1.807, 2.05) is 19.2 Å². The minimum absolute atomic E-state index is 0.0717. The molecule has 2 aromatic rings. The topological polar surface area (TPSA) is 93.2 Å². The molecule has 1 amide bonds. The zero-order valence-corrected chi connectivity index (χ0v) is 11.3. The molecular formula is C14H18N4O2. The van der Waals surface area contributed by atoms with E-state index < -0.39 is 5.91 Å². The summed E-state index contributed by atoms with van der Waals surface area (Å²) in [6.45, 7) is 3.11. The molecule has 6 heteroatoms. The van der Waals surface area contributed by atoms with Gasteiger partial charge in [-0.2, -0.15) is 5.10 Å². The van der Waals surface area contributed by atoms with E-state index in [0.717, 1.165) is 16.8 Å². The van der Waals surface area contributed by atoms with Crippen LogP contribution in [0.4, 0.5) is 5.69 Å². The fourth-order valence-corrected chi connectivity index (χ4v) is 1.93. The maximum Gasteiger partial charge on any atom is 0.248 e. The number of nitrogens with one attached hydrogen (secondary N) is 1. The van der Waals surface area contributed by atoms with Crippen molar-refractivity contribution in [2.24, 2.45) is 5.73 Å². The largest absolute Gasteiger partial charge is 0.394 e. The third kappa shape index (κ3) is 3.36. The zero-order valence-electron chi connectivity index (χ0n) is 11.3. The molecule has 2 rings (SSSR count). The van der Waals surface area contributed by atoms with Gasteiger partial charge in [-0.05, 0) is 30.7 Å². The first kappa shape index (κ1) is 14.1. The number of carbonyl (C=O) groups excluding carboxylic acids is 1. The third-order valence-electron chi connectivity index (χ3n) is 3.01. The van der Waals surface area contributed by atoms with E-state index in [1.165, 1.54) is 0 Å². The molecule has 1 aromatic carbocycles. The molecule has 6 nitrogen and oxygen atoms in total. The number of nitrogens with two attached hydrogens (primary N) is 1. The van der Waals surface area contributed by atoms with Crippen LogP contribution in [0, 0.1) is 6.92 Å². The number of hydrogen-bond acceptors (Lipinski definition) is 4. The Morgan fingerprint density at radius 1 is 1.50 bits per heavy atom. The maximum atomic E-state index is 11.1. The van der Waals surface area contributed by atoms with Crippen molar-refractivity contribution in [2.75, 3.05) is 11.9 Å². The number of amides is 1. The molecule has 4 N–H and O–H groups in total. The number of rotatable bonds is 6. The first-order valence-electron chi connectivity index (χ1n) is 6.36. The average Bonchev–Trinajstić information content (AvgIpc) is 2.85. The van der Waals surface area contributed by atoms with Crippen molar-refractivity contribution in [3.8, 4) is 0 Å². The molecule has 0 atom stereocenters. The molecule has 20 heavy (non-hydrogen) atoms. The molecule has 0 unspecified atom stereocenters. The van der Waals surface area contributed by atoms with Crippen LogP contribution < -0.4 is 11.1 Å². The number of aryl methyl sites for hydroxylation is 1. The SMILES string of the molecule is Cc1cc(C(N)=O)ccc1NCc1cnn(CCO)c1. The predicted octanol–water partition coefficient (Wildman–Crippen LogP) is 0.895. The van der Waals surface area contributed by atoms with Crippen molar-refractivity contribution in [3.05, 3.63) is 47.3 Å². The van der Waals surface area contributed by atoms with Crippen molar-refractivity contribution in [1.29, 1.82) is 0 Å². The number of benzene rings is 1. The monoisotopic (exact) mass is 274 g/mol. The van der Waals surface area contributed by atoms with Crippen molar-refractivity contribution >= 4 is 11.6 Å². The Kier molecular flexibility index (Phi) is 4.37. The number of carbonyl (C=O) groups is 1. The van der Waals surface area contributed by atoms with Crippen LogP contribution in [0.5, 0.6) is 0 Å². The van der Waals surface area contributed by atoms with Gasteiger partial charge >= 0.3 is 0 Å². The lowest BCUT2D eigenvalue weighted by Gasteiger charge is -2.09. The summed E-state index contributed by atoms with van der Waals surface area (Å²) in [7, 11) is 0. The maximum absolute atomic E-state index is 11.1. The first-order chi connectivity index (χ1) is 9.60. The van der Waals surface area contributed by atoms with Gasteiger partial charge < -0.3 is 16.2 Å². The second kappa shape index (κ2) is 6.21. The number of aromatic nitrogens is 2. The molecule has 0 radical (unpaired) electrons. The fraction of sp³-hybridized carbons (Fsp3) is 0.286. The number of hydrogen-bond donors (Lipinski definition) is 3. The highest BCUT2D eigenvalue weighted by Gasteiger charge is 2.04. The number of nitrogens with zero attached hydrogens (tertiary/aromatic N) is 2. The molecule has 0 aliphatic heterocycles.